The molecule has 0 amide bonds. The van der Waals surface area contributed by atoms with Crippen LogP contribution in [0.4, 0.5) is 0 Å². The molecule has 0 aliphatic carbocycles. The van der Waals surface area contributed by atoms with Gasteiger partial charge in [-0.25, -0.2) is 9.67 Å². The van der Waals surface area contributed by atoms with Gasteiger partial charge in [0.25, 0.3) is 5.56 Å². The summed E-state index contributed by atoms with van der Waals surface area (Å²) in [4.78, 5) is 17.8. The fourth-order valence-corrected chi connectivity index (χ4v) is 4.66. The molecule has 0 atom stereocenters. The zero-order valence-corrected chi connectivity index (χ0v) is 16.3. The molecule has 6 nitrogen and oxygen atoms in total. The highest BCUT2D eigenvalue weighted by Crippen LogP contribution is 2.27. The van der Waals surface area contributed by atoms with Crippen molar-refractivity contribution in [1.29, 1.82) is 5.26 Å². The lowest BCUT2D eigenvalue weighted by molar-refractivity contribution is 0.727. The largest absolute Gasteiger partial charge is 0.290 e. The number of nitrogens with zero attached hydrogens (tertiary/aromatic N) is 5. The van der Waals surface area contributed by atoms with Crippen molar-refractivity contribution in [1.82, 2.24) is 19.3 Å². The molecule has 0 unspecified atom stereocenters. The highest BCUT2D eigenvalue weighted by atomic mass is 32.2. The molecule has 0 N–H and O–H groups in total. The van der Waals surface area contributed by atoms with Gasteiger partial charge in [-0.1, -0.05) is 30.0 Å². The lowest BCUT2D eigenvalue weighted by atomic mass is 10.2. The maximum absolute atomic E-state index is 12.5. The van der Waals surface area contributed by atoms with Crippen molar-refractivity contribution in [3.8, 4) is 11.8 Å². The molecule has 0 fully saturated rings. The quantitative estimate of drug-likeness (QED) is 0.391. The zero-order chi connectivity index (χ0) is 19.0. The Morgan fingerprint density at radius 2 is 2.04 bits per heavy atom. The Bertz CT molecular complexity index is 1230. The summed E-state index contributed by atoms with van der Waals surface area (Å²) >= 11 is 2.88. The maximum atomic E-state index is 12.5. The maximum Gasteiger partial charge on any atom is 0.262 e. The van der Waals surface area contributed by atoms with Crippen molar-refractivity contribution in [3.05, 3.63) is 69.1 Å². The molecule has 0 radical (unpaired) electrons. The summed E-state index contributed by atoms with van der Waals surface area (Å²) in [5.41, 5.74) is 2.89. The van der Waals surface area contributed by atoms with Crippen molar-refractivity contribution >= 4 is 33.3 Å². The molecule has 1 aromatic carbocycles. The van der Waals surface area contributed by atoms with E-state index in [9.17, 15) is 10.1 Å². The van der Waals surface area contributed by atoms with Crippen LogP contribution in [0.1, 0.15) is 17.0 Å². The minimum absolute atomic E-state index is 0.0583. The van der Waals surface area contributed by atoms with E-state index in [4.69, 9.17) is 0 Å². The summed E-state index contributed by atoms with van der Waals surface area (Å²) < 4.78 is 3.35. The van der Waals surface area contributed by atoms with E-state index >= 15 is 0 Å². The predicted molar refractivity (Wildman–Crippen MR) is 107 cm³/mol. The fourth-order valence-electron chi connectivity index (χ4n) is 2.88. The molecule has 4 rings (SSSR count). The van der Waals surface area contributed by atoms with Crippen LogP contribution in [-0.2, 0) is 12.8 Å². The number of nitriles is 1. The van der Waals surface area contributed by atoms with E-state index in [-0.39, 0.29) is 5.56 Å². The topological polar surface area (TPSA) is 76.5 Å². The minimum Gasteiger partial charge on any atom is -0.290 e. The van der Waals surface area contributed by atoms with Gasteiger partial charge in [0.05, 0.1) is 28.0 Å². The monoisotopic (exact) mass is 393 g/mol. The lowest BCUT2D eigenvalue weighted by Gasteiger charge is -2.09. The summed E-state index contributed by atoms with van der Waals surface area (Å²) in [6, 6.07) is 13.8. The second-order valence-corrected chi connectivity index (χ2v) is 7.79. The van der Waals surface area contributed by atoms with Crippen LogP contribution in [0.5, 0.6) is 0 Å². The number of benzene rings is 1. The normalized spacial score (nSPS) is 11.0. The standard InChI is InChI=1S/C19H15N5OS2/c1-12-15(10-20)16(24(22-12)13-6-4-3-5-7-13)11-27-19-21-17-14(8-9-26-17)18(25)23(19)2/h3-9H,11H2,1-2H3. The van der Waals surface area contributed by atoms with Gasteiger partial charge in [0.15, 0.2) is 5.16 Å². The summed E-state index contributed by atoms with van der Waals surface area (Å²) in [6.07, 6.45) is 0. The smallest absolute Gasteiger partial charge is 0.262 e. The van der Waals surface area contributed by atoms with Crippen LogP contribution >= 0.6 is 23.1 Å². The van der Waals surface area contributed by atoms with E-state index in [1.54, 1.807) is 22.4 Å². The molecule has 0 bridgehead atoms. The number of thiophene rings is 1. The van der Waals surface area contributed by atoms with Crippen LogP contribution in [0.15, 0.2) is 51.7 Å². The first-order valence-electron chi connectivity index (χ1n) is 8.21. The molecule has 0 saturated carbocycles. The van der Waals surface area contributed by atoms with Crippen LogP contribution in [-0.4, -0.2) is 19.3 Å². The summed E-state index contributed by atoms with van der Waals surface area (Å²) in [5.74, 6) is 0.482. The van der Waals surface area contributed by atoms with Gasteiger partial charge in [0, 0.05) is 12.8 Å². The predicted octanol–water partition coefficient (Wildman–Crippen LogP) is 3.65. The SMILES string of the molecule is Cc1nn(-c2ccccc2)c(CSc2nc3sccc3c(=O)n2C)c1C#N. The molecule has 0 saturated heterocycles. The molecule has 0 spiro atoms. The zero-order valence-electron chi connectivity index (χ0n) is 14.7. The van der Waals surface area contributed by atoms with Crippen LogP contribution in [0, 0.1) is 18.3 Å². The Kier molecular flexibility index (Phi) is 4.56. The van der Waals surface area contributed by atoms with Crippen molar-refractivity contribution in [2.45, 2.75) is 17.8 Å². The molecule has 27 heavy (non-hydrogen) atoms. The Hall–Kier alpha value is -2.89. The van der Waals surface area contributed by atoms with Gasteiger partial charge in [0.2, 0.25) is 0 Å². The Morgan fingerprint density at radius 3 is 2.78 bits per heavy atom. The number of aromatic nitrogens is 4. The van der Waals surface area contributed by atoms with Gasteiger partial charge in [-0.3, -0.25) is 9.36 Å². The van der Waals surface area contributed by atoms with E-state index in [0.717, 1.165) is 16.2 Å². The summed E-state index contributed by atoms with van der Waals surface area (Å²) in [5, 5.41) is 17.3. The molecule has 0 aliphatic rings. The second-order valence-electron chi connectivity index (χ2n) is 5.95. The Balaban J connectivity index is 1.75. The Labute approximate surface area is 163 Å². The van der Waals surface area contributed by atoms with Crippen LogP contribution in [0.3, 0.4) is 0 Å². The molecule has 3 heterocycles. The molecule has 3 aromatic heterocycles. The molecular weight excluding hydrogens is 378 g/mol. The Morgan fingerprint density at radius 1 is 1.26 bits per heavy atom. The first kappa shape index (κ1) is 17.5. The second kappa shape index (κ2) is 7.02. The molecular formula is C19H15N5OS2. The van der Waals surface area contributed by atoms with Crippen molar-refractivity contribution in [3.63, 3.8) is 0 Å². The van der Waals surface area contributed by atoms with Crippen molar-refractivity contribution in [2.24, 2.45) is 7.05 Å². The van der Waals surface area contributed by atoms with Gasteiger partial charge in [-0.15, -0.1) is 11.3 Å². The minimum atomic E-state index is -0.0583. The van der Waals surface area contributed by atoms with Gasteiger partial charge in [-0.2, -0.15) is 10.4 Å². The third-order valence-corrected chi connectivity index (χ3v) is 6.12. The fraction of sp³-hybridized carbons (Fsp3) is 0.158. The summed E-state index contributed by atoms with van der Waals surface area (Å²) in [7, 11) is 1.72. The van der Waals surface area contributed by atoms with E-state index < -0.39 is 0 Å². The molecule has 4 aromatic rings. The van der Waals surface area contributed by atoms with Crippen molar-refractivity contribution < 1.29 is 0 Å². The van der Waals surface area contributed by atoms with Gasteiger partial charge in [-0.05, 0) is 30.5 Å². The number of hydrogen-bond donors (Lipinski definition) is 0. The van der Waals surface area contributed by atoms with Gasteiger partial charge < -0.3 is 0 Å². The lowest BCUT2D eigenvalue weighted by Crippen LogP contribution is -2.19. The van der Waals surface area contributed by atoms with Gasteiger partial charge in [0.1, 0.15) is 10.9 Å². The van der Waals surface area contributed by atoms with Crippen LogP contribution in [0.2, 0.25) is 0 Å². The van der Waals surface area contributed by atoms with E-state index in [2.05, 4.69) is 16.2 Å². The third-order valence-electron chi connectivity index (χ3n) is 4.27. The van der Waals surface area contributed by atoms with E-state index in [0.29, 0.717) is 27.6 Å². The molecule has 0 aliphatic heterocycles. The first-order chi connectivity index (χ1) is 13.1. The number of para-hydroxylation sites is 1. The number of rotatable bonds is 4. The highest BCUT2D eigenvalue weighted by Gasteiger charge is 2.18. The third kappa shape index (κ3) is 3.05. The first-order valence-corrected chi connectivity index (χ1v) is 10.1. The average molecular weight is 393 g/mol. The highest BCUT2D eigenvalue weighted by molar-refractivity contribution is 7.98. The van der Waals surface area contributed by atoms with Crippen LogP contribution in [0.25, 0.3) is 15.9 Å². The summed E-state index contributed by atoms with van der Waals surface area (Å²) in [6.45, 7) is 1.83. The molecule has 8 heteroatoms. The van der Waals surface area contributed by atoms with Crippen LogP contribution < -0.4 is 5.56 Å². The van der Waals surface area contributed by atoms with Crippen molar-refractivity contribution in [2.75, 3.05) is 0 Å². The average Bonchev–Trinajstić information content (AvgIpc) is 3.28. The van der Waals surface area contributed by atoms with Gasteiger partial charge >= 0.3 is 0 Å². The number of thioether (sulfide) groups is 1. The number of fused-ring (bicyclic) bond motifs is 1. The van der Waals surface area contributed by atoms with E-state index in [1.807, 2.05) is 42.6 Å². The number of hydrogen-bond acceptors (Lipinski definition) is 6. The number of aryl methyl sites for hydroxylation is 1. The molecule has 134 valence electrons. The van der Waals surface area contributed by atoms with E-state index in [1.165, 1.54) is 23.1 Å².